The molecule has 1 aliphatic heterocycles. The van der Waals surface area contributed by atoms with Crippen LogP contribution in [0, 0.1) is 5.92 Å². The highest BCUT2D eigenvalue weighted by Gasteiger charge is 2.35. The molecule has 0 spiro atoms. The van der Waals surface area contributed by atoms with Crippen molar-refractivity contribution in [2.75, 3.05) is 39.2 Å². The molecule has 0 N–H and O–H groups in total. The summed E-state index contributed by atoms with van der Waals surface area (Å²) in [4.78, 5) is 17.4. The fraction of sp³-hybridized carbons (Fsp3) is 0.409. The van der Waals surface area contributed by atoms with Gasteiger partial charge in [0.25, 0.3) is 0 Å². The SMILES string of the molecule is COc1ccc([C@H]2Cc3cc(Cl)ccc3N(CCN(C)C)C(=O)[C@H]2C)cc1. The summed E-state index contributed by atoms with van der Waals surface area (Å²) in [5, 5.41) is 0.705. The smallest absolute Gasteiger partial charge is 0.230 e. The number of likely N-dealkylation sites (N-methyl/N-ethyl adjacent to an activating group) is 1. The number of nitrogens with zero attached hydrogens (tertiary/aromatic N) is 2. The fourth-order valence-corrected chi connectivity index (χ4v) is 3.91. The lowest BCUT2D eigenvalue weighted by Gasteiger charge is -2.27. The normalized spacial score (nSPS) is 19.8. The van der Waals surface area contributed by atoms with Gasteiger partial charge in [-0.3, -0.25) is 4.79 Å². The molecule has 3 rings (SSSR count). The molecule has 27 heavy (non-hydrogen) atoms. The van der Waals surface area contributed by atoms with Crippen LogP contribution in [-0.2, 0) is 11.2 Å². The van der Waals surface area contributed by atoms with E-state index in [2.05, 4.69) is 17.0 Å². The second-order valence-corrected chi connectivity index (χ2v) is 7.88. The minimum absolute atomic E-state index is 0.102. The average Bonchev–Trinajstić information content (AvgIpc) is 2.75. The van der Waals surface area contributed by atoms with Gasteiger partial charge in [0.1, 0.15) is 5.75 Å². The van der Waals surface area contributed by atoms with Crippen LogP contribution in [0.15, 0.2) is 42.5 Å². The Labute approximate surface area is 166 Å². The van der Waals surface area contributed by atoms with Gasteiger partial charge in [0.05, 0.1) is 7.11 Å². The summed E-state index contributed by atoms with van der Waals surface area (Å²) in [6, 6.07) is 13.9. The van der Waals surface area contributed by atoms with E-state index >= 15 is 0 Å². The van der Waals surface area contributed by atoms with E-state index in [1.807, 2.05) is 56.3 Å². The lowest BCUT2D eigenvalue weighted by Crippen LogP contribution is -2.40. The third kappa shape index (κ3) is 4.28. The maximum absolute atomic E-state index is 13.4. The summed E-state index contributed by atoms with van der Waals surface area (Å²) >= 11 is 6.28. The number of hydrogen-bond acceptors (Lipinski definition) is 3. The maximum atomic E-state index is 13.4. The first-order valence-corrected chi connectivity index (χ1v) is 9.67. The highest BCUT2D eigenvalue weighted by atomic mass is 35.5. The molecular weight excluding hydrogens is 360 g/mol. The van der Waals surface area contributed by atoms with Crippen LogP contribution in [0.5, 0.6) is 5.75 Å². The zero-order valence-corrected chi connectivity index (χ0v) is 17.2. The molecule has 1 heterocycles. The second kappa shape index (κ2) is 8.32. The van der Waals surface area contributed by atoms with Crippen LogP contribution in [0.3, 0.4) is 0 Å². The summed E-state index contributed by atoms with van der Waals surface area (Å²) in [7, 11) is 5.71. The van der Waals surface area contributed by atoms with Crippen molar-refractivity contribution in [1.29, 1.82) is 0 Å². The Morgan fingerprint density at radius 1 is 1.19 bits per heavy atom. The number of carbonyl (C=O) groups is 1. The number of carbonyl (C=O) groups excluding carboxylic acids is 1. The van der Waals surface area contributed by atoms with Gasteiger partial charge in [0.2, 0.25) is 5.91 Å². The molecule has 2 aromatic rings. The van der Waals surface area contributed by atoms with Crippen LogP contribution in [0.25, 0.3) is 0 Å². The number of hydrogen-bond donors (Lipinski definition) is 0. The van der Waals surface area contributed by atoms with E-state index in [1.165, 1.54) is 0 Å². The number of benzene rings is 2. The van der Waals surface area contributed by atoms with E-state index < -0.39 is 0 Å². The molecule has 0 unspecified atom stereocenters. The van der Waals surface area contributed by atoms with Crippen molar-refractivity contribution in [2.24, 2.45) is 5.92 Å². The Kier molecular flexibility index (Phi) is 6.08. The van der Waals surface area contributed by atoms with Crippen molar-refractivity contribution < 1.29 is 9.53 Å². The van der Waals surface area contributed by atoms with Gasteiger partial charge < -0.3 is 14.5 Å². The van der Waals surface area contributed by atoms with Crippen LogP contribution < -0.4 is 9.64 Å². The van der Waals surface area contributed by atoms with Crippen LogP contribution in [-0.4, -0.2) is 45.1 Å². The minimum atomic E-state index is -0.119. The lowest BCUT2D eigenvalue weighted by molar-refractivity contribution is -0.122. The second-order valence-electron chi connectivity index (χ2n) is 7.44. The summed E-state index contributed by atoms with van der Waals surface area (Å²) in [5.41, 5.74) is 3.26. The molecule has 0 radical (unpaired) electrons. The fourth-order valence-electron chi connectivity index (χ4n) is 3.72. The summed E-state index contributed by atoms with van der Waals surface area (Å²) in [5.74, 6) is 0.970. The van der Waals surface area contributed by atoms with Crippen LogP contribution in [0.1, 0.15) is 24.0 Å². The number of fused-ring (bicyclic) bond motifs is 1. The van der Waals surface area contributed by atoms with Gasteiger partial charge in [0.15, 0.2) is 0 Å². The van der Waals surface area contributed by atoms with E-state index in [9.17, 15) is 4.79 Å². The zero-order chi connectivity index (χ0) is 19.6. The Morgan fingerprint density at radius 2 is 1.89 bits per heavy atom. The molecule has 0 saturated heterocycles. The first-order valence-electron chi connectivity index (χ1n) is 9.29. The number of ether oxygens (including phenoxy) is 1. The van der Waals surface area contributed by atoms with E-state index in [4.69, 9.17) is 16.3 Å². The molecule has 1 aliphatic rings. The summed E-state index contributed by atoms with van der Waals surface area (Å²) in [6.45, 7) is 3.52. The van der Waals surface area contributed by atoms with Gasteiger partial charge in [-0.2, -0.15) is 0 Å². The maximum Gasteiger partial charge on any atom is 0.230 e. The minimum Gasteiger partial charge on any atom is -0.497 e. The van der Waals surface area contributed by atoms with Crippen molar-refractivity contribution in [3.63, 3.8) is 0 Å². The van der Waals surface area contributed by atoms with Gasteiger partial charge in [-0.25, -0.2) is 0 Å². The van der Waals surface area contributed by atoms with Crippen LogP contribution in [0.4, 0.5) is 5.69 Å². The van der Waals surface area contributed by atoms with Crippen molar-refractivity contribution in [3.05, 3.63) is 58.6 Å². The van der Waals surface area contributed by atoms with Gasteiger partial charge in [0, 0.05) is 29.7 Å². The molecule has 5 heteroatoms. The van der Waals surface area contributed by atoms with E-state index in [-0.39, 0.29) is 17.7 Å². The first-order chi connectivity index (χ1) is 12.9. The highest BCUT2D eigenvalue weighted by molar-refractivity contribution is 6.30. The third-order valence-corrected chi connectivity index (χ3v) is 5.58. The molecule has 2 atom stereocenters. The number of amides is 1. The molecule has 0 aromatic heterocycles. The van der Waals surface area contributed by atoms with E-state index in [0.29, 0.717) is 11.6 Å². The highest BCUT2D eigenvalue weighted by Crippen LogP contribution is 2.39. The van der Waals surface area contributed by atoms with Gasteiger partial charge in [-0.05, 0) is 67.9 Å². The lowest BCUT2D eigenvalue weighted by atomic mass is 9.83. The number of halogens is 1. The molecule has 0 saturated carbocycles. The van der Waals surface area contributed by atoms with Crippen LogP contribution >= 0.6 is 11.6 Å². The van der Waals surface area contributed by atoms with Crippen molar-refractivity contribution in [2.45, 2.75) is 19.3 Å². The standard InChI is InChI=1S/C22H27ClN2O2/c1-15-20(16-5-8-19(27-4)9-6-16)14-17-13-18(23)7-10-21(17)25(22(15)26)12-11-24(2)3/h5-10,13,15,20H,11-12,14H2,1-4H3/t15-,20-/m0/s1. The molecule has 1 amide bonds. The van der Waals surface area contributed by atoms with Gasteiger partial charge >= 0.3 is 0 Å². The van der Waals surface area contributed by atoms with Crippen molar-refractivity contribution >= 4 is 23.2 Å². The molecule has 144 valence electrons. The number of anilines is 1. The average molecular weight is 387 g/mol. The molecule has 0 bridgehead atoms. The summed E-state index contributed by atoms with van der Waals surface area (Å²) in [6.07, 6.45) is 0.785. The van der Waals surface area contributed by atoms with Crippen LogP contribution in [0.2, 0.25) is 5.02 Å². The Balaban J connectivity index is 2.01. The predicted molar refractivity (Wildman–Crippen MR) is 111 cm³/mol. The molecule has 2 aromatic carbocycles. The molecule has 0 fully saturated rings. The monoisotopic (exact) mass is 386 g/mol. The Morgan fingerprint density at radius 3 is 2.52 bits per heavy atom. The molecule has 4 nitrogen and oxygen atoms in total. The topological polar surface area (TPSA) is 32.8 Å². The Bertz CT molecular complexity index is 804. The van der Waals surface area contributed by atoms with Crippen molar-refractivity contribution in [3.8, 4) is 5.75 Å². The summed E-state index contributed by atoms with van der Waals surface area (Å²) < 4.78 is 5.28. The van der Waals surface area contributed by atoms with Gasteiger partial charge in [-0.15, -0.1) is 0 Å². The van der Waals surface area contributed by atoms with Gasteiger partial charge in [-0.1, -0.05) is 30.7 Å². The Hall–Kier alpha value is -2.04. The number of methoxy groups -OCH3 is 1. The van der Waals surface area contributed by atoms with E-state index in [0.717, 1.165) is 35.5 Å². The number of rotatable bonds is 5. The largest absolute Gasteiger partial charge is 0.497 e. The van der Waals surface area contributed by atoms with Crippen molar-refractivity contribution in [1.82, 2.24) is 4.90 Å². The van der Waals surface area contributed by atoms with E-state index in [1.54, 1.807) is 7.11 Å². The first kappa shape index (κ1) is 19.7. The molecular formula is C22H27ClN2O2. The zero-order valence-electron chi connectivity index (χ0n) is 16.4. The predicted octanol–water partition coefficient (Wildman–Crippen LogP) is 4.22. The quantitative estimate of drug-likeness (QED) is 0.771. The third-order valence-electron chi connectivity index (χ3n) is 5.35. The molecule has 0 aliphatic carbocycles.